The molecule has 0 atom stereocenters. The van der Waals surface area contributed by atoms with Crippen molar-refractivity contribution in [1.82, 2.24) is 5.32 Å². The number of hydrogen-bond donors (Lipinski definition) is 2. The van der Waals surface area contributed by atoms with Crippen LogP contribution < -0.4 is 10.1 Å². The van der Waals surface area contributed by atoms with Crippen molar-refractivity contribution in [3.05, 3.63) is 29.8 Å². The Balaban J connectivity index is 1.72. The summed E-state index contributed by atoms with van der Waals surface area (Å²) in [5, 5.41) is 12.4. The molecule has 4 nitrogen and oxygen atoms in total. The molecule has 1 aliphatic carbocycles. The Bertz CT molecular complexity index is 441. The molecule has 1 aromatic rings. The highest BCUT2D eigenvalue weighted by Crippen LogP contribution is 2.47. The van der Waals surface area contributed by atoms with Crippen LogP contribution in [0.5, 0.6) is 5.75 Å². The molecule has 1 aliphatic rings. The van der Waals surface area contributed by atoms with Crippen LogP contribution in [0.25, 0.3) is 0 Å². The van der Waals surface area contributed by atoms with E-state index in [1.807, 2.05) is 0 Å². The van der Waals surface area contributed by atoms with Crippen LogP contribution in [0.3, 0.4) is 0 Å². The van der Waals surface area contributed by atoms with E-state index >= 15 is 0 Å². The Morgan fingerprint density at radius 3 is 2.79 bits per heavy atom. The highest BCUT2D eigenvalue weighted by Gasteiger charge is 2.39. The number of nitrogens with one attached hydrogen (secondary N) is 1. The lowest BCUT2D eigenvalue weighted by atomic mass is 10.0. The van der Waals surface area contributed by atoms with Crippen LogP contribution in [0, 0.1) is 5.41 Å². The minimum atomic E-state index is -0.952. The average molecular weight is 263 g/mol. The van der Waals surface area contributed by atoms with E-state index in [2.05, 4.69) is 12.2 Å². The zero-order chi connectivity index (χ0) is 13.7. The largest absolute Gasteiger partial charge is 0.491 e. The molecule has 0 radical (unpaired) electrons. The van der Waals surface area contributed by atoms with Gasteiger partial charge in [0.15, 0.2) is 0 Å². The molecule has 2 rings (SSSR count). The third kappa shape index (κ3) is 3.70. The summed E-state index contributed by atoms with van der Waals surface area (Å²) in [4.78, 5) is 11.0. The van der Waals surface area contributed by atoms with Crippen LogP contribution in [0.1, 0.15) is 36.5 Å². The van der Waals surface area contributed by atoms with E-state index < -0.39 is 5.97 Å². The van der Waals surface area contributed by atoms with E-state index in [1.54, 1.807) is 24.3 Å². The quantitative estimate of drug-likeness (QED) is 0.708. The van der Waals surface area contributed by atoms with Crippen molar-refractivity contribution in [2.75, 3.05) is 19.7 Å². The molecule has 19 heavy (non-hydrogen) atoms. The predicted octanol–water partition coefficient (Wildman–Crippen LogP) is 2.54. The predicted molar refractivity (Wildman–Crippen MR) is 73.7 cm³/mol. The molecule has 0 unspecified atom stereocenters. The monoisotopic (exact) mass is 263 g/mol. The van der Waals surface area contributed by atoms with E-state index in [0.717, 1.165) is 13.1 Å². The molecular weight excluding hydrogens is 242 g/mol. The number of para-hydroxylation sites is 1. The molecule has 104 valence electrons. The summed E-state index contributed by atoms with van der Waals surface area (Å²) < 4.78 is 5.52. The molecule has 1 saturated carbocycles. The zero-order valence-corrected chi connectivity index (χ0v) is 11.3. The average Bonchev–Trinajstić information content (AvgIpc) is 3.19. The molecule has 1 aromatic carbocycles. The Kier molecular flexibility index (Phi) is 4.43. The second kappa shape index (κ2) is 6.06. The third-order valence-corrected chi connectivity index (χ3v) is 3.86. The Hall–Kier alpha value is -1.55. The molecule has 0 heterocycles. The van der Waals surface area contributed by atoms with Gasteiger partial charge in [0.05, 0.1) is 0 Å². The van der Waals surface area contributed by atoms with Crippen LogP contribution in [-0.4, -0.2) is 30.8 Å². The minimum absolute atomic E-state index is 0.217. The molecule has 4 heteroatoms. The number of aromatic carboxylic acids is 1. The van der Waals surface area contributed by atoms with Crippen LogP contribution in [0.15, 0.2) is 24.3 Å². The van der Waals surface area contributed by atoms with Gasteiger partial charge in [0.1, 0.15) is 17.9 Å². The molecule has 0 saturated heterocycles. The number of ether oxygens (including phenoxy) is 1. The number of hydrogen-bond acceptors (Lipinski definition) is 3. The summed E-state index contributed by atoms with van der Waals surface area (Å²) in [5.74, 6) is -0.514. The lowest BCUT2D eigenvalue weighted by Crippen LogP contribution is -2.28. The summed E-state index contributed by atoms with van der Waals surface area (Å²) in [5.41, 5.74) is 0.744. The standard InChI is InChI=1S/C15H21NO3/c1-2-15(7-8-15)11-16-9-10-19-13-6-4-3-5-12(13)14(17)18/h3-6,16H,2,7-11H2,1H3,(H,17,18). The summed E-state index contributed by atoms with van der Waals surface area (Å²) >= 11 is 0. The van der Waals surface area contributed by atoms with Crippen molar-refractivity contribution < 1.29 is 14.6 Å². The fraction of sp³-hybridized carbons (Fsp3) is 0.533. The van der Waals surface area contributed by atoms with Gasteiger partial charge < -0.3 is 15.2 Å². The summed E-state index contributed by atoms with van der Waals surface area (Å²) in [6.07, 6.45) is 3.86. The van der Waals surface area contributed by atoms with Crippen LogP contribution in [0.4, 0.5) is 0 Å². The Morgan fingerprint density at radius 1 is 1.42 bits per heavy atom. The van der Waals surface area contributed by atoms with Crippen molar-refractivity contribution in [3.8, 4) is 5.75 Å². The topological polar surface area (TPSA) is 58.6 Å². The van der Waals surface area contributed by atoms with Gasteiger partial charge in [-0.2, -0.15) is 0 Å². The fourth-order valence-electron chi connectivity index (χ4n) is 2.19. The molecule has 0 amide bonds. The van der Waals surface area contributed by atoms with Gasteiger partial charge in [-0.1, -0.05) is 19.1 Å². The smallest absolute Gasteiger partial charge is 0.339 e. The number of benzene rings is 1. The summed E-state index contributed by atoms with van der Waals surface area (Å²) in [6, 6.07) is 6.73. The Morgan fingerprint density at radius 2 is 2.16 bits per heavy atom. The highest BCUT2D eigenvalue weighted by molar-refractivity contribution is 5.90. The van der Waals surface area contributed by atoms with Gasteiger partial charge in [-0.15, -0.1) is 0 Å². The molecule has 2 N–H and O–H groups in total. The van der Waals surface area contributed by atoms with Crippen molar-refractivity contribution in [3.63, 3.8) is 0 Å². The molecule has 0 aromatic heterocycles. The first-order valence-corrected chi connectivity index (χ1v) is 6.83. The van der Waals surface area contributed by atoms with Gasteiger partial charge in [0, 0.05) is 13.1 Å². The number of rotatable bonds is 8. The first kappa shape index (κ1) is 13.9. The number of carboxylic acid groups (broad SMARTS) is 1. The van der Waals surface area contributed by atoms with Crippen molar-refractivity contribution in [2.24, 2.45) is 5.41 Å². The second-order valence-electron chi connectivity index (χ2n) is 5.18. The molecule has 0 bridgehead atoms. The van der Waals surface area contributed by atoms with Crippen LogP contribution in [-0.2, 0) is 0 Å². The van der Waals surface area contributed by atoms with Crippen molar-refractivity contribution in [2.45, 2.75) is 26.2 Å². The van der Waals surface area contributed by atoms with Gasteiger partial charge in [-0.25, -0.2) is 4.79 Å². The van der Waals surface area contributed by atoms with Crippen molar-refractivity contribution in [1.29, 1.82) is 0 Å². The van der Waals surface area contributed by atoms with Gasteiger partial charge >= 0.3 is 5.97 Å². The first-order chi connectivity index (χ1) is 9.17. The second-order valence-corrected chi connectivity index (χ2v) is 5.18. The molecular formula is C15H21NO3. The first-order valence-electron chi connectivity index (χ1n) is 6.83. The van der Waals surface area contributed by atoms with E-state index in [9.17, 15) is 4.79 Å². The maximum atomic E-state index is 11.0. The normalized spacial score (nSPS) is 16.1. The number of carboxylic acids is 1. The third-order valence-electron chi connectivity index (χ3n) is 3.86. The van der Waals surface area contributed by atoms with Gasteiger partial charge in [-0.3, -0.25) is 0 Å². The van der Waals surface area contributed by atoms with Gasteiger partial charge in [0.2, 0.25) is 0 Å². The van der Waals surface area contributed by atoms with E-state index in [-0.39, 0.29) is 5.56 Å². The summed E-state index contributed by atoms with van der Waals surface area (Å²) in [7, 11) is 0. The van der Waals surface area contributed by atoms with Crippen LogP contribution in [0.2, 0.25) is 0 Å². The van der Waals surface area contributed by atoms with Gasteiger partial charge in [0.25, 0.3) is 0 Å². The number of carbonyl (C=O) groups is 1. The van der Waals surface area contributed by atoms with E-state index in [0.29, 0.717) is 17.8 Å². The maximum absolute atomic E-state index is 11.0. The molecule has 0 aliphatic heterocycles. The Labute approximate surface area is 113 Å². The molecule has 1 fully saturated rings. The zero-order valence-electron chi connectivity index (χ0n) is 11.3. The fourth-order valence-corrected chi connectivity index (χ4v) is 2.19. The van der Waals surface area contributed by atoms with Crippen molar-refractivity contribution >= 4 is 5.97 Å². The van der Waals surface area contributed by atoms with Gasteiger partial charge in [-0.05, 0) is 36.8 Å². The van der Waals surface area contributed by atoms with E-state index in [4.69, 9.17) is 9.84 Å². The molecule has 0 spiro atoms. The highest BCUT2D eigenvalue weighted by atomic mass is 16.5. The van der Waals surface area contributed by atoms with Crippen LogP contribution >= 0.6 is 0 Å². The lowest BCUT2D eigenvalue weighted by Gasteiger charge is -2.14. The SMILES string of the molecule is CCC1(CNCCOc2ccccc2C(=O)O)CC1. The maximum Gasteiger partial charge on any atom is 0.339 e. The lowest BCUT2D eigenvalue weighted by molar-refractivity contribution is 0.0692. The minimum Gasteiger partial charge on any atom is -0.491 e. The van der Waals surface area contributed by atoms with E-state index in [1.165, 1.54) is 19.3 Å². The summed E-state index contributed by atoms with van der Waals surface area (Å²) in [6.45, 7) is 4.50.